The lowest BCUT2D eigenvalue weighted by Crippen LogP contribution is -2.28. The van der Waals surface area contributed by atoms with E-state index < -0.39 is 0 Å². The number of hydrogen-bond acceptors (Lipinski definition) is 0. The van der Waals surface area contributed by atoms with Crippen molar-refractivity contribution in [3.63, 3.8) is 0 Å². The minimum atomic E-state index is -0.367. The molecule has 0 heterocycles. The van der Waals surface area contributed by atoms with Crippen molar-refractivity contribution in [2.24, 2.45) is 0 Å². The van der Waals surface area contributed by atoms with Gasteiger partial charge in [-0.05, 0) is 91.3 Å². The molecule has 0 unspecified atom stereocenters. The van der Waals surface area contributed by atoms with Crippen molar-refractivity contribution in [1.29, 1.82) is 0 Å². The van der Waals surface area contributed by atoms with Crippen LogP contribution in [0.5, 0.6) is 0 Å². The van der Waals surface area contributed by atoms with Gasteiger partial charge in [-0.15, -0.1) is 0 Å². The normalized spacial score (nSPS) is 13.7. The Morgan fingerprint density at radius 2 is 0.941 bits per heavy atom. The topological polar surface area (TPSA) is 0 Å². The van der Waals surface area contributed by atoms with Gasteiger partial charge in [0.05, 0.1) is 5.41 Å². The quantitative estimate of drug-likeness (QED) is 0.209. The minimum Gasteiger partial charge on any atom is -0.0622 e. The molecule has 34 heavy (non-hydrogen) atoms. The summed E-state index contributed by atoms with van der Waals surface area (Å²) < 4.78 is 1.10. The molecule has 0 amide bonds. The third kappa shape index (κ3) is 2.71. The summed E-state index contributed by atoms with van der Waals surface area (Å²) in [6, 6.07) is 46.9. The third-order valence-electron chi connectivity index (χ3n) is 7.33. The molecule has 0 bridgehead atoms. The van der Waals surface area contributed by atoms with Crippen LogP contribution in [0.25, 0.3) is 32.7 Å². The van der Waals surface area contributed by atoms with Gasteiger partial charge >= 0.3 is 0 Å². The van der Waals surface area contributed by atoms with Crippen molar-refractivity contribution in [3.8, 4) is 11.1 Å². The molecule has 0 radical (unpaired) electrons. The Morgan fingerprint density at radius 1 is 0.412 bits per heavy atom. The second-order valence-electron chi connectivity index (χ2n) is 9.12. The van der Waals surface area contributed by atoms with Crippen LogP contribution >= 0.6 is 15.9 Å². The molecule has 7 rings (SSSR count). The maximum absolute atomic E-state index is 3.75. The first-order chi connectivity index (χ1) is 16.7. The van der Waals surface area contributed by atoms with Gasteiger partial charge in [-0.3, -0.25) is 0 Å². The Labute approximate surface area is 207 Å². The zero-order valence-corrected chi connectivity index (χ0v) is 20.1. The molecule has 0 aliphatic heterocycles. The number of fused-ring (bicyclic) bond motifs is 5. The molecule has 0 spiro atoms. The van der Waals surface area contributed by atoms with Crippen LogP contribution in [0.2, 0.25) is 0 Å². The van der Waals surface area contributed by atoms with Crippen molar-refractivity contribution >= 4 is 37.5 Å². The minimum absolute atomic E-state index is 0.367. The van der Waals surface area contributed by atoms with Crippen LogP contribution in [0, 0.1) is 0 Å². The van der Waals surface area contributed by atoms with Crippen molar-refractivity contribution < 1.29 is 0 Å². The van der Waals surface area contributed by atoms with Gasteiger partial charge < -0.3 is 0 Å². The predicted octanol–water partition coefficient (Wildman–Crippen LogP) is 9.12. The van der Waals surface area contributed by atoms with Gasteiger partial charge in [0.2, 0.25) is 0 Å². The lowest BCUT2D eigenvalue weighted by molar-refractivity contribution is 0.769. The second kappa shape index (κ2) is 7.41. The molecule has 160 valence electrons. The number of halogens is 1. The van der Waals surface area contributed by atoms with Crippen molar-refractivity contribution in [1.82, 2.24) is 0 Å². The summed E-state index contributed by atoms with van der Waals surface area (Å²) >= 11 is 3.75. The molecule has 1 aliphatic rings. The monoisotopic (exact) mass is 496 g/mol. The van der Waals surface area contributed by atoms with E-state index in [1.165, 1.54) is 54.9 Å². The van der Waals surface area contributed by atoms with Crippen LogP contribution in [0.4, 0.5) is 0 Å². The smallest absolute Gasteiger partial charge is 0.0622 e. The summed E-state index contributed by atoms with van der Waals surface area (Å²) in [6.45, 7) is 0. The molecule has 0 N–H and O–H groups in total. The Kier molecular flexibility index (Phi) is 4.31. The molecule has 1 aliphatic carbocycles. The van der Waals surface area contributed by atoms with E-state index in [4.69, 9.17) is 0 Å². The van der Waals surface area contributed by atoms with Crippen molar-refractivity contribution in [2.45, 2.75) is 5.41 Å². The number of benzene rings is 6. The summed E-state index contributed by atoms with van der Waals surface area (Å²) in [5, 5.41) is 5.11. The van der Waals surface area contributed by atoms with Gasteiger partial charge in [-0.2, -0.15) is 0 Å². The summed E-state index contributed by atoms with van der Waals surface area (Å²) in [5.41, 5.74) is 7.52. The first-order valence-corrected chi connectivity index (χ1v) is 12.4. The summed E-state index contributed by atoms with van der Waals surface area (Å²) in [6.07, 6.45) is 0. The lowest BCUT2D eigenvalue weighted by atomic mass is 9.67. The van der Waals surface area contributed by atoms with Crippen molar-refractivity contribution in [3.05, 3.63) is 154 Å². The molecule has 0 fully saturated rings. The lowest BCUT2D eigenvalue weighted by Gasteiger charge is -2.34. The molecule has 0 saturated carbocycles. The molecule has 1 heteroatoms. The molecule has 0 aromatic heterocycles. The maximum Gasteiger partial charge on any atom is 0.0713 e. The van der Waals surface area contributed by atoms with Crippen LogP contribution in [0.1, 0.15) is 22.3 Å². The van der Waals surface area contributed by atoms with E-state index in [0.717, 1.165) is 4.47 Å². The first kappa shape index (κ1) is 19.8. The first-order valence-electron chi connectivity index (χ1n) is 11.6. The van der Waals surface area contributed by atoms with Crippen molar-refractivity contribution in [2.75, 3.05) is 0 Å². The fourth-order valence-electron chi connectivity index (χ4n) is 5.90. The number of hydrogen-bond donors (Lipinski definition) is 0. The van der Waals surface area contributed by atoms with Gasteiger partial charge in [0.15, 0.2) is 0 Å². The molecule has 6 aromatic rings. The summed E-state index contributed by atoms with van der Waals surface area (Å²) in [7, 11) is 0. The predicted molar refractivity (Wildman–Crippen MR) is 146 cm³/mol. The molecule has 0 nitrogen and oxygen atoms in total. The van der Waals surface area contributed by atoms with E-state index in [9.17, 15) is 0 Å². The zero-order valence-electron chi connectivity index (χ0n) is 18.5. The molecular formula is C33H21Br. The van der Waals surface area contributed by atoms with Gasteiger partial charge in [0.25, 0.3) is 0 Å². The van der Waals surface area contributed by atoms with E-state index in [-0.39, 0.29) is 5.41 Å². The van der Waals surface area contributed by atoms with Crippen LogP contribution in [-0.4, -0.2) is 0 Å². The SMILES string of the molecule is Brc1ccc2c(c1)-c1cc3cc4ccccc4cc3cc1C2(c1ccccc1)c1ccccc1. The summed E-state index contributed by atoms with van der Waals surface area (Å²) in [4.78, 5) is 0. The third-order valence-corrected chi connectivity index (χ3v) is 7.83. The Bertz CT molecular complexity index is 1660. The highest BCUT2D eigenvalue weighted by Gasteiger charge is 2.46. The standard InChI is InChI=1S/C33H21Br/c34-28-15-16-31-30(21-28)29-19-24-17-22-9-7-8-10-23(22)18-25(24)20-32(29)33(31,26-11-3-1-4-12-26)27-13-5-2-6-14-27/h1-21H. The fourth-order valence-corrected chi connectivity index (χ4v) is 6.26. The van der Waals surface area contributed by atoms with E-state index >= 15 is 0 Å². The highest BCUT2D eigenvalue weighted by Crippen LogP contribution is 2.57. The Balaban J connectivity index is 1.67. The van der Waals surface area contributed by atoms with Gasteiger partial charge in [0, 0.05) is 4.47 Å². The highest BCUT2D eigenvalue weighted by atomic mass is 79.9. The Hall–Kier alpha value is -3.68. The molecule has 0 saturated heterocycles. The van der Waals surface area contributed by atoms with Gasteiger partial charge in [0.1, 0.15) is 0 Å². The molecule has 0 atom stereocenters. The largest absolute Gasteiger partial charge is 0.0713 e. The molecular weight excluding hydrogens is 476 g/mol. The zero-order chi connectivity index (χ0) is 22.7. The van der Waals surface area contributed by atoms with Gasteiger partial charge in [-0.25, -0.2) is 0 Å². The van der Waals surface area contributed by atoms with E-state index in [2.05, 4.69) is 143 Å². The summed E-state index contributed by atoms with van der Waals surface area (Å²) in [5.74, 6) is 0. The average Bonchev–Trinajstić information content (AvgIpc) is 3.16. The van der Waals surface area contributed by atoms with E-state index in [0.29, 0.717) is 0 Å². The van der Waals surface area contributed by atoms with Gasteiger partial charge in [-0.1, -0.05) is 107 Å². The van der Waals surface area contributed by atoms with E-state index in [1.807, 2.05) is 0 Å². The molecule has 6 aromatic carbocycles. The second-order valence-corrected chi connectivity index (χ2v) is 10.0. The maximum atomic E-state index is 3.75. The van der Waals surface area contributed by atoms with Crippen LogP contribution in [0.15, 0.2) is 132 Å². The van der Waals surface area contributed by atoms with Crippen LogP contribution in [0.3, 0.4) is 0 Å². The van der Waals surface area contributed by atoms with E-state index in [1.54, 1.807) is 0 Å². The average molecular weight is 497 g/mol. The fraction of sp³-hybridized carbons (Fsp3) is 0.0303. The number of rotatable bonds is 2. The Morgan fingerprint density at radius 3 is 1.56 bits per heavy atom. The van der Waals surface area contributed by atoms with Crippen LogP contribution in [-0.2, 0) is 5.41 Å². The highest BCUT2D eigenvalue weighted by molar-refractivity contribution is 9.10. The van der Waals surface area contributed by atoms with Crippen LogP contribution < -0.4 is 0 Å².